The highest BCUT2D eigenvalue weighted by molar-refractivity contribution is 5.81. The topological polar surface area (TPSA) is 145 Å². The van der Waals surface area contributed by atoms with Crippen molar-refractivity contribution in [3.63, 3.8) is 0 Å². The van der Waals surface area contributed by atoms with E-state index in [9.17, 15) is 8.78 Å². The lowest BCUT2D eigenvalue weighted by Crippen LogP contribution is -2.40. The number of carbonyl (C=O) groups excluding carboxylic acids is 1. The fraction of sp³-hybridized carbons (Fsp3) is 0.320. The number of aliphatic hydroxyl groups excluding tert-OH is 1. The predicted octanol–water partition coefficient (Wildman–Crippen LogP) is 2.64. The Bertz CT molecular complexity index is 1490. The molecule has 4 aromatic rings. The molecule has 1 saturated carbocycles. The SMILES string of the molecule is Cc1ccc(C2N=C(C3CC(F)(F)C3)ON2)cc1-c1cnc2cc(-c3cn(CCO)nn3)ccn12.NC=O. The maximum atomic E-state index is 13.2. The summed E-state index contributed by atoms with van der Waals surface area (Å²) in [6.07, 6.45) is 4.90. The molecule has 38 heavy (non-hydrogen) atoms. The number of carbonyl (C=O) groups is 1. The predicted molar refractivity (Wildman–Crippen MR) is 134 cm³/mol. The lowest BCUT2D eigenvalue weighted by atomic mass is 9.81. The maximum Gasteiger partial charge on any atom is 0.249 e. The summed E-state index contributed by atoms with van der Waals surface area (Å²) in [6, 6.07) is 9.87. The van der Waals surface area contributed by atoms with E-state index < -0.39 is 12.1 Å². The molecule has 0 bridgehead atoms. The van der Waals surface area contributed by atoms with Crippen LogP contribution in [-0.4, -0.2) is 54.3 Å². The van der Waals surface area contributed by atoms with Crippen LogP contribution < -0.4 is 11.2 Å². The third-order valence-electron chi connectivity index (χ3n) is 6.50. The van der Waals surface area contributed by atoms with Crippen molar-refractivity contribution in [2.45, 2.75) is 38.4 Å². The summed E-state index contributed by atoms with van der Waals surface area (Å²) in [7, 11) is 0. The van der Waals surface area contributed by atoms with Gasteiger partial charge in [0.1, 0.15) is 11.3 Å². The quantitative estimate of drug-likeness (QED) is 0.329. The Morgan fingerprint density at radius 3 is 2.82 bits per heavy atom. The largest absolute Gasteiger partial charge is 0.394 e. The zero-order valence-corrected chi connectivity index (χ0v) is 20.5. The molecule has 0 saturated heterocycles. The lowest BCUT2D eigenvalue weighted by molar-refractivity contribution is -0.106. The number of pyridine rings is 1. The van der Waals surface area contributed by atoms with E-state index in [1.54, 1.807) is 10.9 Å². The van der Waals surface area contributed by atoms with Gasteiger partial charge < -0.3 is 15.7 Å². The second-order valence-corrected chi connectivity index (χ2v) is 9.14. The normalized spacial score (nSPS) is 18.3. The molecule has 13 heteroatoms. The molecule has 1 aromatic carbocycles. The number of aryl methyl sites for hydroxylation is 1. The number of hydrogen-bond acceptors (Lipinski definition) is 8. The monoisotopic (exact) mass is 524 g/mol. The number of halogens is 2. The van der Waals surface area contributed by atoms with E-state index in [0.717, 1.165) is 33.6 Å². The van der Waals surface area contributed by atoms with Gasteiger partial charge in [-0.3, -0.25) is 9.20 Å². The number of imidazole rings is 1. The van der Waals surface area contributed by atoms with Gasteiger partial charge in [0.2, 0.25) is 18.2 Å². The maximum absolute atomic E-state index is 13.2. The Labute approximate surface area is 215 Å². The molecule has 1 fully saturated rings. The fourth-order valence-corrected chi connectivity index (χ4v) is 4.53. The number of aliphatic imine (C=N–C) groups is 1. The van der Waals surface area contributed by atoms with Crippen LogP contribution in [0.5, 0.6) is 0 Å². The van der Waals surface area contributed by atoms with E-state index in [0.29, 0.717) is 18.1 Å². The molecule has 2 aliphatic rings. The number of alkyl halides is 2. The standard InChI is InChI=1S/C24H23F2N7O2.CH3NO/c1-14-2-3-16(22-28-23(35-30-22)17-10-24(25,26)11-17)8-18(14)20-12-27-21-9-15(4-5-33(20)21)19-13-32(6-7-34)31-29-19;2-1-3/h2-5,8-9,12-13,17,22,30,34H,6-7,10-11H2,1H3;1H,(H2,2,3). The zero-order valence-electron chi connectivity index (χ0n) is 20.5. The number of hydroxylamine groups is 1. The number of amides is 1. The van der Waals surface area contributed by atoms with Crippen molar-refractivity contribution >= 4 is 18.0 Å². The fourth-order valence-electron chi connectivity index (χ4n) is 4.53. The number of primary amides is 1. The van der Waals surface area contributed by atoms with Gasteiger partial charge >= 0.3 is 0 Å². The van der Waals surface area contributed by atoms with E-state index in [-0.39, 0.29) is 31.8 Å². The number of aromatic nitrogens is 5. The van der Waals surface area contributed by atoms with Crippen molar-refractivity contribution in [2.24, 2.45) is 16.6 Å². The van der Waals surface area contributed by atoms with Crippen molar-refractivity contribution < 1.29 is 23.5 Å². The molecule has 1 aliphatic carbocycles. The number of benzene rings is 1. The summed E-state index contributed by atoms with van der Waals surface area (Å²) < 4.78 is 30.1. The molecule has 1 atom stereocenters. The molecule has 0 spiro atoms. The molecule has 0 radical (unpaired) electrons. The Morgan fingerprint density at radius 2 is 2.08 bits per heavy atom. The summed E-state index contributed by atoms with van der Waals surface area (Å²) in [5, 5.41) is 17.3. The lowest BCUT2D eigenvalue weighted by Gasteiger charge is -2.33. The summed E-state index contributed by atoms with van der Waals surface area (Å²) in [5.41, 5.74) is 13.2. The number of aliphatic hydroxyl groups is 1. The number of fused-ring (bicyclic) bond motifs is 1. The molecule has 1 aliphatic heterocycles. The van der Waals surface area contributed by atoms with Gasteiger partial charge in [0.15, 0.2) is 6.17 Å². The first-order valence-electron chi connectivity index (χ1n) is 11.9. The molecular weight excluding hydrogens is 498 g/mol. The minimum Gasteiger partial charge on any atom is -0.394 e. The van der Waals surface area contributed by atoms with Gasteiger partial charge in [-0.2, -0.15) is 0 Å². The molecule has 11 nitrogen and oxygen atoms in total. The van der Waals surface area contributed by atoms with Crippen LogP contribution in [0, 0.1) is 12.8 Å². The Balaban J connectivity index is 0.000000937. The van der Waals surface area contributed by atoms with Gasteiger partial charge in [-0.05, 0) is 36.2 Å². The van der Waals surface area contributed by atoms with Gasteiger partial charge in [-0.25, -0.2) is 23.4 Å². The van der Waals surface area contributed by atoms with Gasteiger partial charge in [0.05, 0.1) is 31.2 Å². The first-order chi connectivity index (χ1) is 18.3. The van der Waals surface area contributed by atoms with Crippen LogP contribution in [0.1, 0.15) is 30.1 Å². The average molecular weight is 525 g/mol. The number of hydrogen-bond donors (Lipinski definition) is 3. The molecule has 1 amide bonds. The number of nitrogens with zero attached hydrogens (tertiary/aromatic N) is 6. The van der Waals surface area contributed by atoms with E-state index in [2.05, 4.69) is 31.5 Å². The third kappa shape index (κ3) is 4.97. The van der Waals surface area contributed by atoms with Crippen LogP contribution >= 0.6 is 0 Å². The average Bonchev–Trinajstić information content (AvgIpc) is 3.63. The first kappa shape index (κ1) is 25.4. The van der Waals surface area contributed by atoms with Gasteiger partial charge in [0, 0.05) is 36.1 Å². The second-order valence-electron chi connectivity index (χ2n) is 9.14. The van der Waals surface area contributed by atoms with Crippen molar-refractivity contribution in [3.8, 4) is 22.5 Å². The van der Waals surface area contributed by atoms with E-state index in [1.807, 2.05) is 54.0 Å². The van der Waals surface area contributed by atoms with Crippen LogP contribution in [-0.2, 0) is 16.2 Å². The molecule has 1 unspecified atom stereocenters. The van der Waals surface area contributed by atoms with Crippen LogP contribution in [0.3, 0.4) is 0 Å². The van der Waals surface area contributed by atoms with Crippen molar-refractivity contribution in [1.82, 2.24) is 29.9 Å². The smallest absolute Gasteiger partial charge is 0.249 e. The molecule has 198 valence electrons. The minimum atomic E-state index is -2.62. The number of nitrogens with two attached hydrogens (primary N) is 1. The highest BCUT2D eigenvalue weighted by atomic mass is 19.3. The Kier molecular flexibility index (Phi) is 6.87. The van der Waals surface area contributed by atoms with Crippen LogP contribution in [0.4, 0.5) is 8.78 Å². The Hall–Kier alpha value is -4.23. The molecule has 4 heterocycles. The number of nitrogens with one attached hydrogen (secondary N) is 1. The highest BCUT2D eigenvalue weighted by Crippen LogP contribution is 2.44. The van der Waals surface area contributed by atoms with E-state index in [1.165, 1.54) is 0 Å². The van der Waals surface area contributed by atoms with Crippen LogP contribution in [0.15, 0.2) is 53.9 Å². The highest BCUT2D eigenvalue weighted by Gasteiger charge is 2.49. The zero-order chi connectivity index (χ0) is 26.9. The third-order valence-corrected chi connectivity index (χ3v) is 6.50. The first-order valence-corrected chi connectivity index (χ1v) is 11.9. The molecule has 6 rings (SSSR count). The number of rotatable bonds is 6. The van der Waals surface area contributed by atoms with Crippen LogP contribution in [0.25, 0.3) is 28.2 Å². The van der Waals surface area contributed by atoms with Crippen LogP contribution in [0.2, 0.25) is 0 Å². The van der Waals surface area contributed by atoms with E-state index >= 15 is 0 Å². The summed E-state index contributed by atoms with van der Waals surface area (Å²) in [5.74, 6) is -2.61. The van der Waals surface area contributed by atoms with Crippen molar-refractivity contribution in [2.75, 3.05) is 6.61 Å². The van der Waals surface area contributed by atoms with Gasteiger partial charge in [-0.15, -0.1) is 10.6 Å². The van der Waals surface area contributed by atoms with Crippen molar-refractivity contribution in [1.29, 1.82) is 0 Å². The summed E-state index contributed by atoms with van der Waals surface area (Å²) in [6.45, 7) is 2.41. The molecular formula is C25H26F2N8O3. The van der Waals surface area contributed by atoms with Crippen molar-refractivity contribution in [3.05, 3.63) is 60.0 Å². The van der Waals surface area contributed by atoms with Gasteiger partial charge in [0.25, 0.3) is 0 Å². The molecule has 4 N–H and O–H groups in total. The molecule has 3 aromatic heterocycles. The van der Waals surface area contributed by atoms with Gasteiger partial charge in [-0.1, -0.05) is 17.3 Å². The summed E-state index contributed by atoms with van der Waals surface area (Å²) >= 11 is 0. The minimum absolute atomic E-state index is 0.00445. The second kappa shape index (κ2) is 10.3. The van der Waals surface area contributed by atoms with E-state index in [4.69, 9.17) is 14.7 Å². The Morgan fingerprint density at radius 1 is 1.29 bits per heavy atom. The summed E-state index contributed by atoms with van der Waals surface area (Å²) in [4.78, 5) is 23.1.